The normalized spacial score (nSPS) is 17.1. The van der Waals surface area contributed by atoms with Crippen molar-refractivity contribution < 1.29 is 27.5 Å². The third kappa shape index (κ3) is 4.44. The molecule has 8 nitrogen and oxygen atoms in total. The number of carbonyl (C=O) groups is 2. The maximum Gasteiger partial charge on any atom is 0.341 e. The second-order valence-corrected chi connectivity index (χ2v) is 9.51. The van der Waals surface area contributed by atoms with Gasteiger partial charge in [-0.05, 0) is 42.0 Å². The Morgan fingerprint density at radius 3 is 2.72 bits per heavy atom. The van der Waals surface area contributed by atoms with Gasteiger partial charge in [-0.3, -0.25) is 4.79 Å². The maximum atomic E-state index is 12.8. The fraction of sp³-hybridized carbons (Fsp3) is 0.368. The third-order valence-corrected chi connectivity index (χ3v) is 7.98. The smallest absolute Gasteiger partial charge is 0.341 e. The van der Waals surface area contributed by atoms with Crippen molar-refractivity contribution in [3.63, 3.8) is 0 Å². The molecular formula is C19H22N2O6S2. The second kappa shape index (κ2) is 8.93. The number of thiophene rings is 1. The van der Waals surface area contributed by atoms with Crippen LogP contribution in [0.15, 0.2) is 39.9 Å². The molecule has 1 aliphatic rings. The maximum absolute atomic E-state index is 12.8. The van der Waals surface area contributed by atoms with Crippen molar-refractivity contribution in [2.75, 3.05) is 20.8 Å². The van der Waals surface area contributed by atoms with Gasteiger partial charge in [0.05, 0.1) is 14.2 Å². The number of sulfonamides is 1. The van der Waals surface area contributed by atoms with E-state index >= 15 is 0 Å². The van der Waals surface area contributed by atoms with Crippen LogP contribution in [0.5, 0.6) is 5.75 Å². The summed E-state index contributed by atoms with van der Waals surface area (Å²) in [5.41, 5.74) is 0.926. The van der Waals surface area contributed by atoms with Crippen molar-refractivity contribution in [2.24, 2.45) is 0 Å². The van der Waals surface area contributed by atoms with Gasteiger partial charge in [-0.15, -0.1) is 11.3 Å². The average molecular weight is 439 g/mol. The number of nitrogens with zero attached hydrogens (tertiary/aromatic N) is 1. The number of methoxy groups -OCH3 is 2. The highest BCUT2D eigenvalue weighted by Crippen LogP contribution is 2.28. The molecule has 0 saturated carbocycles. The van der Waals surface area contributed by atoms with Gasteiger partial charge < -0.3 is 14.8 Å². The molecule has 1 saturated heterocycles. The van der Waals surface area contributed by atoms with Crippen molar-refractivity contribution in [3.8, 4) is 5.75 Å². The summed E-state index contributed by atoms with van der Waals surface area (Å²) in [6.45, 7) is 0.462. The monoisotopic (exact) mass is 438 g/mol. The predicted octanol–water partition coefficient (Wildman–Crippen LogP) is 2.01. The van der Waals surface area contributed by atoms with Crippen molar-refractivity contribution in [3.05, 3.63) is 46.8 Å². The van der Waals surface area contributed by atoms with E-state index in [9.17, 15) is 18.0 Å². The molecule has 3 rings (SSSR count). The molecule has 2 aromatic rings. The number of ether oxygens (including phenoxy) is 2. The summed E-state index contributed by atoms with van der Waals surface area (Å²) in [4.78, 5) is 24.6. The van der Waals surface area contributed by atoms with E-state index < -0.39 is 22.0 Å². The standard InChI is InChI=1S/C19H22N2O6S2/c1-26-16-8-7-13(11-14(16)19(23)27-2)12-20-18(22)15-5-3-9-21(15)29(24,25)17-6-4-10-28-17/h4,6-8,10-11,15H,3,5,9,12H2,1-2H3,(H,20,22). The first-order chi connectivity index (χ1) is 13.9. The fourth-order valence-electron chi connectivity index (χ4n) is 3.26. The Labute approximate surface area is 173 Å². The summed E-state index contributed by atoms with van der Waals surface area (Å²) in [7, 11) is -0.963. The van der Waals surface area contributed by atoms with Gasteiger partial charge in [-0.1, -0.05) is 12.1 Å². The predicted molar refractivity (Wildman–Crippen MR) is 107 cm³/mol. The largest absolute Gasteiger partial charge is 0.496 e. The minimum absolute atomic E-state index is 0.149. The van der Waals surface area contributed by atoms with Crippen LogP contribution in [-0.4, -0.2) is 51.4 Å². The number of esters is 1. The molecule has 1 aromatic heterocycles. The molecule has 1 aromatic carbocycles. The quantitative estimate of drug-likeness (QED) is 0.664. The van der Waals surface area contributed by atoms with Crippen LogP contribution in [0.1, 0.15) is 28.8 Å². The number of hydrogen-bond acceptors (Lipinski definition) is 7. The molecule has 1 aliphatic heterocycles. The number of nitrogens with one attached hydrogen (secondary N) is 1. The fourth-order valence-corrected chi connectivity index (χ4v) is 6.03. The van der Waals surface area contributed by atoms with Gasteiger partial charge in [0.25, 0.3) is 10.0 Å². The lowest BCUT2D eigenvalue weighted by atomic mass is 10.1. The lowest BCUT2D eigenvalue weighted by Gasteiger charge is -2.22. The summed E-state index contributed by atoms with van der Waals surface area (Å²) in [5, 5.41) is 4.47. The summed E-state index contributed by atoms with van der Waals surface area (Å²) in [6.07, 6.45) is 1.09. The van der Waals surface area contributed by atoms with Crippen molar-refractivity contribution in [1.82, 2.24) is 9.62 Å². The summed E-state index contributed by atoms with van der Waals surface area (Å²) >= 11 is 1.13. The van der Waals surface area contributed by atoms with Crippen molar-refractivity contribution >= 4 is 33.2 Å². The molecule has 1 N–H and O–H groups in total. The van der Waals surface area contributed by atoms with Crippen LogP contribution in [0.4, 0.5) is 0 Å². The molecular weight excluding hydrogens is 416 g/mol. The summed E-state index contributed by atoms with van der Waals surface area (Å²) in [6, 6.07) is 7.39. The molecule has 10 heteroatoms. The van der Waals surface area contributed by atoms with Crippen LogP contribution < -0.4 is 10.1 Å². The van der Waals surface area contributed by atoms with Crippen molar-refractivity contribution in [2.45, 2.75) is 29.6 Å². The van der Waals surface area contributed by atoms with Gasteiger partial charge in [0.1, 0.15) is 21.6 Å². The van der Waals surface area contributed by atoms with Crippen LogP contribution in [0.2, 0.25) is 0 Å². The Morgan fingerprint density at radius 2 is 2.07 bits per heavy atom. The molecule has 1 atom stereocenters. The second-order valence-electron chi connectivity index (χ2n) is 6.45. The van der Waals surface area contributed by atoms with E-state index in [4.69, 9.17) is 9.47 Å². The van der Waals surface area contributed by atoms with Crippen molar-refractivity contribution in [1.29, 1.82) is 0 Å². The number of rotatable bonds is 7. The molecule has 29 heavy (non-hydrogen) atoms. The summed E-state index contributed by atoms with van der Waals surface area (Å²) < 4.78 is 37.0. The van der Waals surface area contributed by atoms with Gasteiger partial charge in [0.2, 0.25) is 5.91 Å². The Bertz CT molecular complexity index is 988. The van der Waals surface area contributed by atoms with Crippen LogP contribution in [0.3, 0.4) is 0 Å². The first kappa shape index (κ1) is 21.3. The number of benzene rings is 1. The Morgan fingerprint density at radius 1 is 1.28 bits per heavy atom. The Hall–Kier alpha value is -2.43. The molecule has 0 spiro atoms. The SMILES string of the molecule is COC(=O)c1cc(CNC(=O)C2CCCN2S(=O)(=O)c2cccs2)ccc1OC. The van der Waals surface area contributed by atoms with E-state index in [-0.39, 0.29) is 22.2 Å². The highest BCUT2D eigenvalue weighted by molar-refractivity contribution is 7.91. The molecule has 2 heterocycles. The van der Waals surface area contributed by atoms with E-state index in [0.29, 0.717) is 30.7 Å². The van der Waals surface area contributed by atoms with E-state index in [1.165, 1.54) is 18.5 Å². The molecule has 0 radical (unpaired) electrons. The van der Waals surface area contributed by atoms with Crippen LogP contribution in [0, 0.1) is 0 Å². The molecule has 1 amide bonds. The Balaban J connectivity index is 1.71. The number of hydrogen-bond donors (Lipinski definition) is 1. The van der Waals surface area contributed by atoms with E-state index in [1.807, 2.05) is 0 Å². The number of carbonyl (C=O) groups excluding carboxylic acids is 2. The molecule has 0 aliphatic carbocycles. The van der Waals surface area contributed by atoms with Gasteiger partial charge in [0, 0.05) is 13.1 Å². The lowest BCUT2D eigenvalue weighted by molar-refractivity contribution is -0.124. The van der Waals surface area contributed by atoms with Gasteiger partial charge in [0.15, 0.2) is 0 Å². The van der Waals surface area contributed by atoms with Gasteiger partial charge in [-0.2, -0.15) is 4.31 Å². The highest BCUT2D eigenvalue weighted by atomic mass is 32.2. The topological polar surface area (TPSA) is 102 Å². The first-order valence-corrected chi connectivity index (χ1v) is 11.3. The van der Waals surface area contributed by atoms with E-state index in [2.05, 4.69) is 5.32 Å². The molecule has 0 bridgehead atoms. The molecule has 1 fully saturated rings. The minimum atomic E-state index is -3.69. The minimum Gasteiger partial charge on any atom is -0.496 e. The van der Waals surface area contributed by atoms with Gasteiger partial charge in [-0.25, -0.2) is 13.2 Å². The Kier molecular flexibility index (Phi) is 6.56. The zero-order valence-electron chi connectivity index (χ0n) is 16.1. The van der Waals surface area contributed by atoms with Gasteiger partial charge >= 0.3 is 5.97 Å². The first-order valence-electron chi connectivity index (χ1n) is 8.96. The zero-order chi connectivity index (χ0) is 21.0. The summed E-state index contributed by atoms with van der Waals surface area (Å²) in [5.74, 6) is -0.534. The third-order valence-electron chi connectivity index (χ3n) is 4.70. The molecule has 156 valence electrons. The molecule has 1 unspecified atom stereocenters. The van der Waals surface area contributed by atoms with Crippen LogP contribution in [0.25, 0.3) is 0 Å². The highest BCUT2D eigenvalue weighted by Gasteiger charge is 2.39. The number of amides is 1. The van der Waals surface area contributed by atoms with Crippen LogP contribution >= 0.6 is 11.3 Å². The zero-order valence-corrected chi connectivity index (χ0v) is 17.7. The van der Waals surface area contributed by atoms with E-state index in [0.717, 1.165) is 11.3 Å². The van der Waals surface area contributed by atoms with Crippen LogP contribution in [-0.2, 0) is 26.1 Å². The van der Waals surface area contributed by atoms with E-state index in [1.54, 1.807) is 35.7 Å². The average Bonchev–Trinajstić information content (AvgIpc) is 3.43. The lowest BCUT2D eigenvalue weighted by Crippen LogP contribution is -2.45.